The Morgan fingerprint density at radius 3 is 2.42 bits per heavy atom. The molecule has 5 nitrogen and oxygen atoms in total. The van der Waals surface area contributed by atoms with Crippen LogP contribution in [0.25, 0.3) is 10.1 Å². The molecule has 8 heteroatoms. The molecule has 1 aromatic heterocycles. The van der Waals surface area contributed by atoms with Crippen molar-refractivity contribution in [2.24, 2.45) is 5.14 Å². The van der Waals surface area contributed by atoms with Gasteiger partial charge in [-0.15, -0.1) is 11.3 Å². The van der Waals surface area contributed by atoms with Gasteiger partial charge in [-0.2, -0.15) is 0 Å². The molecule has 0 spiro atoms. The zero-order valence-electron chi connectivity index (χ0n) is 14.1. The predicted molar refractivity (Wildman–Crippen MR) is 100 cm³/mol. The summed E-state index contributed by atoms with van der Waals surface area (Å²) < 4.78 is 37.2. The summed E-state index contributed by atoms with van der Waals surface area (Å²) in [6, 6.07) is 12.1. The number of nitrogens with two attached hydrogens (primary N) is 1. The second-order valence-electron chi connectivity index (χ2n) is 5.97. The summed E-state index contributed by atoms with van der Waals surface area (Å²) in [7, 11) is -2.10. The van der Waals surface area contributed by atoms with Crippen molar-refractivity contribution < 1.29 is 17.6 Å². The number of thiophene rings is 1. The number of carbonyl (C=O) groups is 1. The van der Waals surface area contributed by atoms with E-state index in [1.54, 1.807) is 37.4 Å². The Labute approximate surface area is 154 Å². The predicted octanol–water partition coefficient (Wildman–Crippen LogP) is 3.52. The second-order valence-corrected chi connectivity index (χ2v) is 8.61. The van der Waals surface area contributed by atoms with Crippen molar-refractivity contribution in [3.8, 4) is 0 Å². The molecule has 0 fully saturated rings. The molecule has 1 atom stereocenters. The van der Waals surface area contributed by atoms with Gasteiger partial charge in [-0.1, -0.05) is 18.2 Å². The zero-order chi connectivity index (χ0) is 19.1. The number of rotatable bonds is 4. The Balaban J connectivity index is 1.86. The lowest BCUT2D eigenvalue weighted by atomic mass is 10.1. The third-order valence-corrected chi connectivity index (χ3v) is 6.33. The lowest BCUT2D eigenvalue weighted by Gasteiger charge is -2.25. The van der Waals surface area contributed by atoms with E-state index in [0.29, 0.717) is 15.0 Å². The van der Waals surface area contributed by atoms with Gasteiger partial charge < -0.3 is 4.90 Å². The topological polar surface area (TPSA) is 80.5 Å². The molecule has 0 saturated heterocycles. The minimum atomic E-state index is -3.76. The van der Waals surface area contributed by atoms with Gasteiger partial charge in [0, 0.05) is 17.1 Å². The van der Waals surface area contributed by atoms with E-state index in [1.807, 2.05) is 6.92 Å². The number of fused-ring (bicyclic) bond motifs is 1. The highest BCUT2D eigenvalue weighted by Gasteiger charge is 2.22. The number of halogens is 1. The number of benzene rings is 2. The molecule has 1 amide bonds. The largest absolute Gasteiger partial charge is 0.334 e. The number of carbonyl (C=O) groups excluding carboxylic acids is 1. The molecule has 2 N–H and O–H groups in total. The molecule has 1 heterocycles. The number of hydrogen-bond donors (Lipinski definition) is 1. The lowest BCUT2D eigenvalue weighted by Crippen LogP contribution is -2.29. The average molecular weight is 392 g/mol. The van der Waals surface area contributed by atoms with E-state index >= 15 is 0 Å². The van der Waals surface area contributed by atoms with Gasteiger partial charge in [-0.3, -0.25) is 4.79 Å². The maximum absolute atomic E-state index is 13.8. The molecular weight excluding hydrogens is 375 g/mol. The first kappa shape index (κ1) is 18.5. The minimum absolute atomic E-state index is 0.0161. The lowest BCUT2D eigenvalue weighted by molar-refractivity contribution is 0.0747. The number of amides is 1. The Morgan fingerprint density at radius 2 is 1.85 bits per heavy atom. The first-order valence-electron chi connectivity index (χ1n) is 7.76. The van der Waals surface area contributed by atoms with Gasteiger partial charge in [0.1, 0.15) is 5.82 Å². The van der Waals surface area contributed by atoms with Gasteiger partial charge in [0.05, 0.1) is 15.8 Å². The highest BCUT2D eigenvalue weighted by molar-refractivity contribution is 7.89. The summed E-state index contributed by atoms with van der Waals surface area (Å²) >= 11 is 1.24. The highest BCUT2D eigenvalue weighted by atomic mass is 32.2. The summed E-state index contributed by atoms with van der Waals surface area (Å²) in [6.45, 7) is 1.83. The van der Waals surface area contributed by atoms with Crippen LogP contribution in [0, 0.1) is 5.82 Å². The van der Waals surface area contributed by atoms with Crippen LogP contribution in [0.15, 0.2) is 53.4 Å². The van der Waals surface area contributed by atoms with E-state index in [9.17, 15) is 17.6 Å². The van der Waals surface area contributed by atoms with Crippen LogP contribution in [0.4, 0.5) is 4.39 Å². The third-order valence-electron chi connectivity index (χ3n) is 4.31. The van der Waals surface area contributed by atoms with Crippen LogP contribution < -0.4 is 5.14 Å². The fraction of sp³-hybridized carbons (Fsp3) is 0.167. The molecule has 136 valence electrons. The first-order chi connectivity index (χ1) is 12.2. The van der Waals surface area contributed by atoms with Crippen LogP contribution in [-0.4, -0.2) is 26.3 Å². The Hall–Kier alpha value is -2.29. The molecule has 0 aliphatic rings. The summed E-state index contributed by atoms with van der Waals surface area (Å²) in [5.74, 6) is -0.583. The summed E-state index contributed by atoms with van der Waals surface area (Å²) in [5.41, 5.74) is 0.764. The van der Waals surface area contributed by atoms with Gasteiger partial charge in [-0.25, -0.2) is 17.9 Å². The quantitative estimate of drug-likeness (QED) is 0.738. The molecule has 26 heavy (non-hydrogen) atoms. The summed E-state index contributed by atoms with van der Waals surface area (Å²) in [5, 5.41) is 5.52. The SMILES string of the molecule is CC(c1ccc(S(N)(=O)=O)cc1)N(C)C(=O)c1cc2c(F)cccc2s1. The summed E-state index contributed by atoms with van der Waals surface area (Å²) in [6.07, 6.45) is 0. The maximum atomic E-state index is 13.8. The van der Waals surface area contributed by atoms with Crippen LogP contribution >= 0.6 is 11.3 Å². The van der Waals surface area contributed by atoms with Gasteiger partial charge >= 0.3 is 0 Å². The van der Waals surface area contributed by atoms with E-state index in [2.05, 4.69) is 0 Å². The van der Waals surface area contributed by atoms with Crippen molar-refractivity contribution >= 4 is 37.4 Å². The standard InChI is InChI=1S/C18H17FN2O3S2/c1-11(12-6-8-13(9-7-12)26(20,23)24)21(2)18(22)17-10-14-15(19)4-3-5-16(14)25-17/h3-11H,1-2H3,(H2,20,23,24). The number of nitrogens with zero attached hydrogens (tertiary/aromatic N) is 1. The van der Waals surface area contributed by atoms with E-state index in [-0.39, 0.29) is 22.7 Å². The van der Waals surface area contributed by atoms with E-state index in [4.69, 9.17) is 5.14 Å². The number of primary sulfonamides is 1. The molecule has 0 aliphatic carbocycles. The van der Waals surface area contributed by atoms with Crippen LogP contribution in [0.5, 0.6) is 0 Å². The molecule has 3 aromatic rings. The summed E-state index contributed by atoms with van der Waals surface area (Å²) in [4.78, 5) is 14.8. The van der Waals surface area contributed by atoms with Crippen molar-refractivity contribution in [1.82, 2.24) is 4.90 Å². The highest BCUT2D eigenvalue weighted by Crippen LogP contribution is 2.30. The van der Waals surface area contributed by atoms with Crippen molar-refractivity contribution in [3.63, 3.8) is 0 Å². The van der Waals surface area contributed by atoms with Crippen LogP contribution in [0.3, 0.4) is 0 Å². The smallest absolute Gasteiger partial charge is 0.264 e. The van der Waals surface area contributed by atoms with Crippen molar-refractivity contribution in [1.29, 1.82) is 0 Å². The van der Waals surface area contributed by atoms with Crippen LogP contribution in [0.2, 0.25) is 0 Å². The molecule has 0 saturated carbocycles. The Kier molecular flexibility index (Phi) is 4.83. The van der Waals surface area contributed by atoms with Gasteiger partial charge in [0.2, 0.25) is 10.0 Å². The van der Waals surface area contributed by atoms with Gasteiger partial charge in [-0.05, 0) is 42.8 Å². The van der Waals surface area contributed by atoms with Crippen LogP contribution in [0.1, 0.15) is 28.2 Å². The first-order valence-corrected chi connectivity index (χ1v) is 10.1. The monoisotopic (exact) mass is 392 g/mol. The average Bonchev–Trinajstić information content (AvgIpc) is 3.05. The number of sulfonamides is 1. The van der Waals surface area contributed by atoms with Crippen molar-refractivity contribution in [3.05, 3.63) is 64.8 Å². The zero-order valence-corrected chi connectivity index (χ0v) is 15.8. The minimum Gasteiger partial charge on any atom is -0.334 e. The molecule has 2 aromatic carbocycles. The molecule has 0 radical (unpaired) electrons. The van der Waals surface area contributed by atoms with Crippen LogP contribution in [-0.2, 0) is 10.0 Å². The van der Waals surface area contributed by atoms with Crippen molar-refractivity contribution in [2.45, 2.75) is 17.9 Å². The van der Waals surface area contributed by atoms with E-state index in [0.717, 1.165) is 5.56 Å². The molecule has 1 unspecified atom stereocenters. The normalized spacial score (nSPS) is 12.9. The molecule has 3 rings (SSSR count). The molecule has 0 bridgehead atoms. The van der Waals surface area contributed by atoms with Crippen molar-refractivity contribution in [2.75, 3.05) is 7.05 Å². The van der Waals surface area contributed by atoms with E-state index < -0.39 is 10.0 Å². The second kappa shape index (κ2) is 6.79. The maximum Gasteiger partial charge on any atom is 0.264 e. The fourth-order valence-corrected chi connectivity index (χ4v) is 4.21. The number of hydrogen-bond acceptors (Lipinski definition) is 4. The van der Waals surface area contributed by atoms with Gasteiger partial charge in [0.25, 0.3) is 5.91 Å². The van der Waals surface area contributed by atoms with E-state index in [1.165, 1.54) is 34.4 Å². The Morgan fingerprint density at radius 1 is 1.19 bits per heavy atom. The fourth-order valence-electron chi connectivity index (χ4n) is 2.64. The Bertz CT molecular complexity index is 1080. The van der Waals surface area contributed by atoms with Gasteiger partial charge in [0.15, 0.2) is 0 Å². The third kappa shape index (κ3) is 3.48. The molecule has 0 aliphatic heterocycles. The molecular formula is C18H17FN2O3S2.